The number of nitrogens with two attached hydrogens (primary N) is 1. The molecule has 0 bridgehead atoms. The van der Waals surface area contributed by atoms with Gasteiger partial charge in [-0.25, -0.2) is 0 Å². The maximum Gasteiger partial charge on any atom is 0.145 e. The number of anilines is 1. The van der Waals surface area contributed by atoms with Gasteiger partial charge >= 0.3 is 0 Å². The predicted octanol–water partition coefficient (Wildman–Crippen LogP) is 1.64. The average molecular weight is 288 g/mol. The summed E-state index contributed by atoms with van der Waals surface area (Å²) in [5.74, 6) is 0. The first-order valence-corrected chi connectivity index (χ1v) is 7.73. The molecule has 5 heteroatoms. The van der Waals surface area contributed by atoms with Crippen molar-refractivity contribution in [2.24, 2.45) is 10.9 Å². The van der Waals surface area contributed by atoms with E-state index in [9.17, 15) is 0 Å². The third kappa shape index (κ3) is 3.54. The molecule has 1 fully saturated rings. The van der Waals surface area contributed by atoms with Gasteiger partial charge < -0.3 is 20.8 Å². The number of hydrogen-bond donors (Lipinski definition) is 2. The monoisotopic (exact) mass is 288 g/mol. The van der Waals surface area contributed by atoms with Gasteiger partial charge in [-0.15, -0.1) is 0 Å². The van der Waals surface area contributed by atoms with Gasteiger partial charge in [-0.1, -0.05) is 17.3 Å². The van der Waals surface area contributed by atoms with Gasteiger partial charge in [0.2, 0.25) is 0 Å². The molecule has 2 aliphatic heterocycles. The van der Waals surface area contributed by atoms with Crippen molar-refractivity contribution in [3.05, 3.63) is 29.8 Å². The summed E-state index contributed by atoms with van der Waals surface area (Å²) in [5, 5.41) is 7.74. The first kappa shape index (κ1) is 14.4. The zero-order valence-electron chi connectivity index (χ0n) is 12.6. The van der Waals surface area contributed by atoms with E-state index in [4.69, 9.17) is 10.6 Å². The number of nitrogens with one attached hydrogen (secondary N) is 1. The maximum absolute atomic E-state index is 5.60. The van der Waals surface area contributed by atoms with Crippen LogP contribution in [0.5, 0.6) is 0 Å². The summed E-state index contributed by atoms with van der Waals surface area (Å²) in [6, 6.07) is 9.06. The molecular weight excluding hydrogens is 264 g/mol. The van der Waals surface area contributed by atoms with Crippen LogP contribution in [-0.4, -0.2) is 49.4 Å². The summed E-state index contributed by atoms with van der Waals surface area (Å²) in [7, 11) is 2.18. The second-order valence-electron chi connectivity index (χ2n) is 6.00. The van der Waals surface area contributed by atoms with E-state index in [0.29, 0.717) is 12.6 Å². The Morgan fingerprint density at radius 2 is 2.00 bits per heavy atom. The first-order valence-electron chi connectivity index (χ1n) is 7.73. The molecule has 1 saturated heterocycles. The van der Waals surface area contributed by atoms with E-state index in [1.54, 1.807) is 0 Å². The van der Waals surface area contributed by atoms with E-state index in [1.165, 1.54) is 31.6 Å². The topological polar surface area (TPSA) is 62.9 Å². The zero-order chi connectivity index (χ0) is 14.7. The number of hydrogen-bond acceptors (Lipinski definition) is 5. The summed E-state index contributed by atoms with van der Waals surface area (Å²) in [4.78, 5) is 7.66. The Kier molecular flexibility index (Phi) is 4.41. The molecule has 3 rings (SSSR count). The molecule has 0 aliphatic carbocycles. The first-order chi connectivity index (χ1) is 10.2. The highest BCUT2D eigenvalue weighted by Crippen LogP contribution is 2.20. The minimum Gasteiger partial charge on any atom is -0.390 e. The Morgan fingerprint density at radius 1 is 1.29 bits per heavy atom. The van der Waals surface area contributed by atoms with Crippen LogP contribution in [0.3, 0.4) is 0 Å². The summed E-state index contributed by atoms with van der Waals surface area (Å²) >= 11 is 0. The van der Waals surface area contributed by atoms with Crippen molar-refractivity contribution in [1.82, 2.24) is 4.90 Å². The molecule has 0 radical (unpaired) electrons. The van der Waals surface area contributed by atoms with Crippen LogP contribution in [0.25, 0.3) is 0 Å². The third-order valence-corrected chi connectivity index (χ3v) is 4.30. The van der Waals surface area contributed by atoms with Gasteiger partial charge in [-0.3, -0.25) is 0 Å². The quantitative estimate of drug-likeness (QED) is 0.884. The summed E-state index contributed by atoms with van der Waals surface area (Å²) < 4.78 is 0. The molecule has 1 aromatic carbocycles. The van der Waals surface area contributed by atoms with Gasteiger partial charge in [0.1, 0.15) is 6.10 Å². The van der Waals surface area contributed by atoms with Gasteiger partial charge in [-0.2, -0.15) is 0 Å². The van der Waals surface area contributed by atoms with E-state index in [0.717, 1.165) is 17.7 Å². The van der Waals surface area contributed by atoms with Crippen molar-refractivity contribution >= 4 is 11.4 Å². The largest absolute Gasteiger partial charge is 0.390 e. The SMILES string of the molecule is CN1CCC(Nc2ccc(C3=NOC(CN)C3)cc2)CC1. The molecule has 3 N–H and O–H groups in total. The summed E-state index contributed by atoms with van der Waals surface area (Å²) in [5.41, 5.74) is 8.91. The Labute approximate surface area is 126 Å². The number of oxime groups is 1. The normalized spacial score (nSPS) is 23.7. The van der Waals surface area contributed by atoms with E-state index < -0.39 is 0 Å². The van der Waals surface area contributed by atoms with Crippen LogP contribution in [0.15, 0.2) is 29.4 Å². The van der Waals surface area contributed by atoms with Crippen molar-refractivity contribution in [2.75, 3.05) is 32.0 Å². The molecule has 0 spiro atoms. The molecule has 21 heavy (non-hydrogen) atoms. The van der Waals surface area contributed by atoms with Gasteiger partial charge in [0.05, 0.1) is 5.71 Å². The number of rotatable bonds is 4. The minimum atomic E-state index is 0.0389. The highest BCUT2D eigenvalue weighted by molar-refractivity contribution is 6.01. The highest BCUT2D eigenvalue weighted by atomic mass is 16.6. The van der Waals surface area contributed by atoms with Crippen LogP contribution in [0.1, 0.15) is 24.8 Å². The molecule has 1 unspecified atom stereocenters. The molecule has 1 atom stereocenters. The lowest BCUT2D eigenvalue weighted by molar-refractivity contribution is 0.0918. The fourth-order valence-electron chi connectivity index (χ4n) is 2.87. The molecule has 2 aliphatic rings. The van der Waals surface area contributed by atoms with Crippen LogP contribution in [0.2, 0.25) is 0 Å². The lowest BCUT2D eigenvalue weighted by atomic mass is 10.0. The van der Waals surface area contributed by atoms with E-state index in [2.05, 4.69) is 46.7 Å². The fraction of sp³-hybridized carbons (Fsp3) is 0.562. The molecule has 2 heterocycles. The number of nitrogens with zero attached hydrogens (tertiary/aromatic N) is 2. The molecular formula is C16H24N4O. The summed E-state index contributed by atoms with van der Waals surface area (Å²) in [6.07, 6.45) is 3.25. The van der Waals surface area contributed by atoms with Crippen LogP contribution < -0.4 is 11.1 Å². The molecule has 0 saturated carbocycles. The number of benzene rings is 1. The predicted molar refractivity (Wildman–Crippen MR) is 85.7 cm³/mol. The summed E-state index contributed by atoms with van der Waals surface area (Å²) in [6.45, 7) is 2.86. The Hall–Kier alpha value is -1.59. The molecule has 1 aromatic rings. The Balaban J connectivity index is 1.57. The fourth-order valence-corrected chi connectivity index (χ4v) is 2.87. The average Bonchev–Trinajstić information content (AvgIpc) is 2.99. The zero-order valence-corrected chi connectivity index (χ0v) is 12.6. The third-order valence-electron chi connectivity index (χ3n) is 4.30. The standard InChI is InChI=1S/C16H24N4O/c1-20-8-6-14(7-9-20)18-13-4-2-12(3-5-13)16-10-15(11-17)21-19-16/h2-5,14-15,18H,6-11,17H2,1H3. The number of piperidine rings is 1. The molecule has 5 nitrogen and oxygen atoms in total. The van der Waals surface area contributed by atoms with Crippen molar-refractivity contribution in [1.29, 1.82) is 0 Å². The smallest absolute Gasteiger partial charge is 0.145 e. The Bertz CT molecular complexity index is 492. The van der Waals surface area contributed by atoms with Gasteiger partial charge in [0.25, 0.3) is 0 Å². The van der Waals surface area contributed by atoms with Crippen LogP contribution in [-0.2, 0) is 4.84 Å². The Morgan fingerprint density at radius 3 is 2.62 bits per heavy atom. The molecule has 0 aromatic heterocycles. The molecule has 0 amide bonds. The van der Waals surface area contributed by atoms with Gasteiger partial charge in [0.15, 0.2) is 0 Å². The minimum absolute atomic E-state index is 0.0389. The van der Waals surface area contributed by atoms with Gasteiger partial charge in [-0.05, 0) is 50.7 Å². The van der Waals surface area contributed by atoms with Crippen molar-refractivity contribution < 1.29 is 4.84 Å². The van der Waals surface area contributed by atoms with Crippen LogP contribution in [0.4, 0.5) is 5.69 Å². The van der Waals surface area contributed by atoms with E-state index in [1.807, 2.05) is 0 Å². The second-order valence-corrected chi connectivity index (χ2v) is 6.00. The van der Waals surface area contributed by atoms with E-state index >= 15 is 0 Å². The van der Waals surface area contributed by atoms with Gasteiger partial charge in [0, 0.05) is 24.7 Å². The lowest BCUT2D eigenvalue weighted by Gasteiger charge is -2.30. The maximum atomic E-state index is 5.60. The van der Waals surface area contributed by atoms with E-state index in [-0.39, 0.29) is 6.10 Å². The highest BCUT2D eigenvalue weighted by Gasteiger charge is 2.21. The lowest BCUT2D eigenvalue weighted by Crippen LogP contribution is -2.36. The molecule has 114 valence electrons. The van der Waals surface area contributed by atoms with Crippen molar-refractivity contribution in [3.63, 3.8) is 0 Å². The van der Waals surface area contributed by atoms with Crippen LogP contribution >= 0.6 is 0 Å². The number of likely N-dealkylation sites (tertiary alicyclic amines) is 1. The van der Waals surface area contributed by atoms with Crippen LogP contribution in [0, 0.1) is 0 Å². The van der Waals surface area contributed by atoms with Crippen molar-refractivity contribution in [2.45, 2.75) is 31.4 Å². The second kappa shape index (κ2) is 6.45. The van der Waals surface area contributed by atoms with Crippen molar-refractivity contribution in [3.8, 4) is 0 Å².